The van der Waals surface area contributed by atoms with Crippen molar-refractivity contribution in [3.05, 3.63) is 71.4 Å². The first-order chi connectivity index (χ1) is 15.2. The summed E-state index contributed by atoms with van der Waals surface area (Å²) in [5.74, 6) is -1.53. The van der Waals surface area contributed by atoms with Crippen LogP contribution in [-0.4, -0.2) is 46.8 Å². The van der Waals surface area contributed by atoms with Crippen LogP contribution in [0, 0.1) is 0 Å². The number of nitrogens with zero attached hydrogens (tertiary/aromatic N) is 1. The van der Waals surface area contributed by atoms with Gasteiger partial charge < -0.3 is 25.4 Å². The maximum absolute atomic E-state index is 12.5. The normalized spacial score (nSPS) is 16.4. The number of hydrogen-bond donors (Lipinski definition) is 3. The van der Waals surface area contributed by atoms with Crippen LogP contribution in [0.15, 0.2) is 60.8 Å². The first-order valence-corrected chi connectivity index (χ1v) is 9.92. The summed E-state index contributed by atoms with van der Waals surface area (Å²) in [6.07, 6.45) is 2.05. The average molecular weight is 458 g/mol. The zero-order chi connectivity index (χ0) is 23.3. The summed E-state index contributed by atoms with van der Waals surface area (Å²) >= 11 is 6.11. The Hall–Kier alpha value is -3.85. The van der Waals surface area contributed by atoms with Gasteiger partial charge in [0.15, 0.2) is 11.8 Å². The average Bonchev–Trinajstić information content (AvgIpc) is 2.75. The van der Waals surface area contributed by atoms with Gasteiger partial charge in [-0.25, -0.2) is 4.79 Å². The van der Waals surface area contributed by atoms with Gasteiger partial charge in [0, 0.05) is 19.3 Å². The van der Waals surface area contributed by atoms with E-state index in [2.05, 4.69) is 10.6 Å². The second-order valence-corrected chi connectivity index (χ2v) is 7.38. The molecule has 2 atom stereocenters. The van der Waals surface area contributed by atoms with E-state index in [1.807, 2.05) is 0 Å². The van der Waals surface area contributed by atoms with Crippen LogP contribution in [0.5, 0.6) is 11.5 Å². The molecule has 3 N–H and O–H groups in total. The highest BCUT2D eigenvalue weighted by Gasteiger charge is 2.32. The van der Waals surface area contributed by atoms with Gasteiger partial charge in [-0.1, -0.05) is 35.9 Å². The summed E-state index contributed by atoms with van der Waals surface area (Å²) in [6.45, 7) is 0. The van der Waals surface area contributed by atoms with E-state index in [0.29, 0.717) is 22.1 Å². The highest BCUT2D eigenvalue weighted by molar-refractivity contribution is 6.32. The van der Waals surface area contributed by atoms with Crippen molar-refractivity contribution < 1.29 is 29.0 Å². The lowest BCUT2D eigenvalue weighted by molar-refractivity contribution is -0.138. The number of nitrogens with one attached hydrogen (secondary N) is 2. The number of ketones is 1. The van der Waals surface area contributed by atoms with E-state index >= 15 is 0 Å². The SMILES string of the molecule is CN1C=CC(=O)C(NC(=O)N[C@@H](CC(=O)O)c2cccc(Oc3ccccc3Cl)c2)C1=O. The molecule has 0 aromatic heterocycles. The fourth-order valence-corrected chi connectivity index (χ4v) is 3.19. The number of carbonyl (C=O) groups is 4. The molecule has 3 amide bonds. The van der Waals surface area contributed by atoms with E-state index in [1.54, 1.807) is 48.5 Å². The second kappa shape index (κ2) is 9.97. The molecule has 1 aliphatic rings. The molecule has 0 fully saturated rings. The molecule has 0 saturated carbocycles. The predicted molar refractivity (Wildman–Crippen MR) is 115 cm³/mol. The van der Waals surface area contributed by atoms with Crippen LogP contribution < -0.4 is 15.4 Å². The summed E-state index contributed by atoms with van der Waals surface area (Å²) in [6, 6.07) is 10.2. The fraction of sp³-hybridized carbons (Fsp3) is 0.182. The van der Waals surface area contributed by atoms with Gasteiger partial charge in [-0.15, -0.1) is 0 Å². The Balaban J connectivity index is 1.76. The Morgan fingerprint density at radius 1 is 1.19 bits per heavy atom. The highest BCUT2D eigenvalue weighted by atomic mass is 35.5. The third-order valence-electron chi connectivity index (χ3n) is 4.63. The summed E-state index contributed by atoms with van der Waals surface area (Å²) in [5, 5.41) is 14.5. The smallest absolute Gasteiger partial charge is 0.316 e. The van der Waals surface area contributed by atoms with Gasteiger partial charge in [0.05, 0.1) is 17.5 Å². The Kier molecular flexibility index (Phi) is 7.11. The van der Waals surface area contributed by atoms with Crippen molar-refractivity contribution in [3.8, 4) is 11.5 Å². The largest absolute Gasteiger partial charge is 0.481 e. The van der Waals surface area contributed by atoms with Crippen molar-refractivity contribution in [3.63, 3.8) is 0 Å². The van der Waals surface area contributed by atoms with Crippen molar-refractivity contribution in [1.29, 1.82) is 0 Å². The molecule has 1 heterocycles. The lowest BCUT2D eigenvalue weighted by Gasteiger charge is -2.25. The van der Waals surface area contributed by atoms with Crippen LogP contribution in [0.1, 0.15) is 18.0 Å². The number of rotatable bonds is 7. The zero-order valence-corrected chi connectivity index (χ0v) is 17.7. The molecule has 1 aliphatic heterocycles. The lowest BCUT2D eigenvalue weighted by Crippen LogP contribution is -2.55. The quantitative estimate of drug-likeness (QED) is 0.549. The summed E-state index contributed by atoms with van der Waals surface area (Å²) in [4.78, 5) is 49.1. The number of halogens is 1. The molecule has 0 saturated heterocycles. The number of para-hydroxylation sites is 1. The minimum absolute atomic E-state index is 0.387. The molecule has 9 nitrogen and oxygen atoms in total. The predicted octanol–water partition coefficient (Wildman–Crippen LogP) is 2.87. The van der Waals surface area contributed by atoms with Crippen LogP contribution in [0.4, 0.5) is 4.79 Å². The second-order valence-electron chi connectivity index (χ2n) is 6.97. The minimum atomic E-state index is -1.38. The van der Waals surface area contributed by atoms with Gasteiger partial charge >= 0.3 is 12.0 Å². The maximum Gasteiger partial charge on any atom is 0.316 e. The molecular weight excluding hydrogens is 438 g/mol. The number of carbonyl (C=O) groups excluding carboxylic acids is 3. The van der Waals surface area contributed by atoms with E-state index in [9.17, 15) is 24.3 Å². The van der Waals surface area contributed by atoms with E-state index < -0.39 is 42.2 Å². The molecule has 1 unspecified atom stereocenters. The van der Waals surface area contributed by atoms with Crippen LogP contribution >= 0.6 is 11.6 Å². The molecule has 10 heteroatoms. The molecule has 0 radical (unpaired) electrons. The van der Waals surface area contributed by atoms with Crippen LogP contribution in [0.25, 0.3) is 0 Å². The highest BCUT2D eigenvalue weighted by Crippen LogP contribution is 2.30. The van der Waals surface area contributed by atoms with E-state index in [0.717, 1.165) is 0 Å². The summed E-state index contributed by atoms with van der Waals surface area (Å²) in [5.41, 5.74) is 0.449. The van der Waals surface area contributed by atoms with E-state index in [1.165, 1.54) is 24.2 Å². The number of aliphatic carboxylic acids is 1. The monoisotopic (exact) mass is 457 g/mol. The van der Waals surface area contributed by atoms with Gasteiger partial charge in [0.1, 0.15) is 11.5 Å². The molecule has 0 aliphatic carbocycles. The molecule has 2 aromatic carbocycles. The fourth-order valence-electron chi connectivity index (χ4n) is 3.02. The van der Waals surface area contributed by atoms with Crippen molar-refractivity contribution in [1.82, 2.24) is 15.5 Å². The van der Waals surface area contributed by atoms with E-state index in [-0.39, 0.29) is 0 Å². The molecule has 32 heavy (non-hydrogen) atoms. The summed E-state index contributed by atoms with van der Waals surface area (Å²) < 4.78 is 5.76. The van der Waals surface area contributed by atoms with Gasteiger partial charge in [-0.2, -0.15) is 0 Å². The van der Waals surface area contributed by atoms with Gasteiger partial charge in [0.25, 0.3) is 5.91 Å². The molecule has 0 spiro atoms. The Morgan fingerprint density at radius 3 is 2.66 bits per heavy atom. The molecule has 3 rings (SSSR count). The van der Waals surface area contributed by atoms with E-state index in [4.69, 9.17) is 16.3 Å². The number of amides is 3. The van der Waals surface area contributed by atoms with Crippen LogP contribution in [0.3, 0.4) is 0 Å². The molecule has 0 bridgehead atoms. The third-order valence-corrected chi connectivity index (χ3v) is 4.94. The molecular formula is C22H20ClN3O6. The first kappa shape index (κ1) is 22.8. The number of carboxylic acid groups (broad SMARTS) is 1. The maximum atomic E-state index is 12.5. The lowest BCUT2D eigenvalue weighted by atomic mass is 10.0. The summed E-state index contributed by atoms with van der Waals surface area (Å²) in [7, 11) is 1.45. The number of ether oxygens (including phenoxy) is 1. The van der Waals surface area contributed by atoms with Crippen molar-refractivity contribution in [2.45, 2.75) is 18.5 Å². The Bertz CT molecular complexity index is 1090. The molecule has 166 valence electrons. The molecule has 2 aromatic rings. The van der Waals surface area contributed by atoms with Crippen molar-refractivity contribution in [2.24, 2.45) is 0 Å². The zero-order valence-electron chi connectivity index (χ0n) is 16.9. The number of carboxylic acids is 1. The van der Waals surface area contributed by atoms with Gasteiger partial charge in [-0.3, -0.25) is 14.4 Å². The van der Waals surface area contributed by atoms with Crippen molar-refractivity contribution >= 4 is 35.3 Å². The number of urea groups is 1. The number of hydrogen-bond acceptors (Lipinski definition) is 5. The number of benzene rings is 2. The van der Waals surface area contributed by atoms with Gasteiger partial charge in [0.2, 0.25) is 0 Å². The number of likely N-dealkylation sites (N-methyl/N-ethyl adjacent to an activating group) is 1. The minimum Gasteiger partial charge on any atom is -0.481 e. The van der Waals surface area contributed by atoms with Crippen molar-refractivity contribution in [2.75, 3.05) is 7.05 Å². The van der Waals surface area contributed by atoms with Crippen LogP contribution in [0.2, 0.25) is 5.02 Å². The Labute approximate surface area is 188 Å². The standard InChI is InChI=1S/C22H20ClN3O6/c1-26-10-9-17(27)20(21(26)30)25-22(31)24-16(12-19(28)29)13-5-4-6-14(11-13)32-18-8-3-2-7-15(18)23/h2-11,16,20H,12H2,1H3,(H,28,29)(H2,24,25,31)/t16-,20?/m0/s1. The first-order valence-electron chi connectivity index (χ1n) is 9.54. The third kappa shape index (κ3) is 5.64. The topological polar surface area (TPSA) is 125 Å². The van der Waals surface area contributed by atoms with Crippen LogP contribution in [-0.2, 0) is 14.4 Å². The van der Waals surface area contributed by atoms with Gasteiger partial charge in [-0.05, 0) is 29.8 Å². The Morgan fingerprint density at radius 2 is 1.94 bits per heavy atom.